The summed E-state index contributed by atoms with van der Waals surface area (Å²) in [6, 6.07) is 9.41. The zero-order chi connectivity index (χ0) is 18.8. The number of carbonyl (C=O) groups is 1. The van der Waals surface area contributed by atoms with Crippen LogP contribution in [-0.4, -0.2) is 23.2 Å². The third kappa shape index (κ3) is 3.88. The molecule has 1 fully saturated rings. The summed E-state index contributed by atoms with van der Waals surface area (Å²) in [5, 5.41) is 7.09. The van der Waals surface area contributed by atoms with Gasteiger partial charge < -0.3 is 14.6 Å². The summed E-state index contributed by atoms with van der Waals surface area (Å²) in [5.41, 5.74) is 1.73. The van der Waals surface area contributed by atoms with Crippen LogP contribution >= 0.6 is 11.3 Å². The Balaban J connectivity index is 1.43. The maximum Gasteiger partial charge on any atom is 0.230 e. The Morgan fingerprint density at radius 3 is 2.78 bits per heavy atom. The van der Waals surface area contributed by atoms with Crippen LogP contribution in [0.2, 0.25) is 0 Å². The maximum absolute atomic E-state index is 12.4. The van der Waals surface area contributed by atoms with Crippen LogP contribution in [0.3, 0.4) is 0 Å². The summed E-state index contributed by atoms with van der Waals surface area (Å²) in [6.07, 6.45) is 3.78. The van der Waals surface area contributed by atoms with Crippen LogP contribution in [-0.2, 0) is 11.2 Å². The molecule has 0 unspecified atom stereocenters. The summed E-state index contributed by atoms with van der Waals surface area (Å²) in [6.45, 7) is 1.98. The number of aromatic nitrogens is 2. The number of nitrogens with zero attached hydrogens (tertiary/aromatic N) is 2. The Morgan fingerprint density at radius 2 is 2.11 bits per heavy atom. The molecule has 4 rings (SSSR count). The molecule has 1 aliphatic carbocycles. The molecule has 7 heteroatoms. The quantitative estimate of drug-likeness (QED) is 0.675. The van der Waals surface area contributed by atoms with E-state index in [2.05, 4.69) is 15.5 Å². The molecular formula is C20H21N3O3S. The van der Waals surface area contributed by atoms with Crippen LogP contribution in [0.5, 0.6) is 5.75 Å². The second-order valence-electron chi connectivity index (χ2n) is 6.74. The molecule has 1 N–H and O–H groups in total. The first-order valence-electron chi connectivity index (χ1n) is 8.99. The summed E-state index contributed by atoms with van der Waals surface area (Å²) < 4.78 is 10.5. The van der Waals surface area contributed by atoms with Gasteiger partial charge in [0.1, 0.15) is 5.75 Å². The van der Waals surface area contributed by atoms with Gasteiger partial charge in [-0.2, -0.15) is 4.98 Å². The van der Waals surface area contributed by atoms with Crippen molar-refractivity contribution in [2.24, 2.45) is 0 Å². The molecule has 6 nitrogen and oxygen atoms in total. The van der Waals surface area contributed by atoms with Crippen LogP contribution in [0.15, 0.2) is 34.9 Å². The molecular weight excluding hydrogens is 362 g/mol. The Labute approximate surface area is 161 Å². The third-order valence-electron chi connectivity index (χ3n) is 4.83. The highest BCUT2D eigenvalue weighted by atomic mass is 32.1. The van der Waals surface area contributed by atoms with Gasteiger partial charge in [-0.3, -0.25) is 4.79 Å². The van der Waals surface area contributed by atoms with Gasteiger partial charge in [-0.15, -0.1) is 11.3 Å². The minimum Gasteiger partial charge on any atom is -0.497 e. The van der Waals surface area contributed by atoms with Crippen LogP contribution in [0.4, 0.5) is 5.69 Å². The van der Waals surface area contributed by atoms with E-state index in [1.807, 2.05) is 37.3 Å². The average Bonchev–Trinajstić information content (AvgIpc) is 3.22. The molecule has 0 saturated heterocycles. The predicted octanol–water partition coefficient (Wildman–Crippen LogP) is 4.56. The van der Waals surface area contributed by atoms with E-state index in [-0.39, 0.29) is 5.91 Å². The first kappa shape index (κ1) is 17.7. The van der Waals surface area contributed by atoms with Gasteiger partial charge in [0.25, 0.3) is 0 Å². The summed E-state index contributed by atoms with van der Waals surface area (Å²) in [5.74, 6) is 2.46. The number of ether oxygens (including phenoxy) is 1. The minimum absolute atomic E-state index is 0.0594. The normalized spacial score (nSPS) is 14.0. The molecule has 1 aliphatic rings. The third-order valence-corrected chi connectivity index (χ3v) is 5.88. The van der Waals surface area contributed by atoms with Gasteiger partial charge in [-0.25, -0.2) is 0 Å². The average molecular weight is 383 g/mol. The van der Waals surface area contributed by atoms with Gasteiger partial charge in [0.2, 0.25) is 17.6 Å². The fraction of sp³-hybridized carbons (Fsp3) is 0.350. The van der Waals surface area contributed by atoms with E-state index in [0.717, 1.165) is 45.5 Å². The standard InChI is InChI=1S/C20H21N3O3S/c1-12-16(21-18(24)10-13-6-8-15(25-2)9-7-13)11-17(27-12)19-22-20(26-23-19)14-4-3-5-14/h6-9,11,14H,3-5,10H2,1-2H3,(H,21,24). The molecule has 3 aromatic rings. The van der Waals surface area contributed by atoms with Crippen molar-refractivity contribution in [2.45, 2.75) is 38.5 Å². The van der Waals surface area contributed by atoms with E-state index in [1.54, 1.807) is 18.4 Å². The predicted molar refractivity (Wildman–Crippen MR) is 104 cm³/mol. The lowest BCUT2D eigenvalue weighted by Crippen LogP contribution is -2.14. The van der Waals surface area contributed by atoms with Crippen LogP contribution in [0.1, 0.15) is 41.5 Å². The molecule has 27 heavy (non-hydrogen) atoms. The van der Waals surface area contributed by atoms with E-state index in [1.165, 1.54) is 6.42 Å². The van der Waals surface area contributed by atoms with E-state index in [0.29, 0.717) is 18.2 Å². The Morgan fingerprint density at radius 1 is 1.33 bits per heavy atom. The lowest BCUT2D eigenvalue weighted by atomic mass is 9.85. The van der Waals surface area contributed by atoms with E-state index < -0.39 is 0 Å². The number of nitrogens with one attached hydrogen (secondary N) is 1. The van der Waals surface area contributed by atoms with Crippen molar-refractivity contribution < 1.29 is 14.1 Å². The molecule has 2 aromatic heterocycles. The number of hydrogen-bond donors (Lipinski definition) is 1. The van der Waals surface area contributed by atoms with Gasteiger partial charge in [-0.05, 0) is 43.5 Å². The van der Waals surface area contributed by atoms with Crippen molar-refractivity contribution in [1.82, 2.24) is 10.1 Å². The minimum atomic E-state index is -0.0594. The van der Waals surface area contributed by atoms with Gasteiger partial charge >= 0.3 is 0 Å². The van der Waals surface area contributed by atoms with Crippen molar-refractivity contribution in [3.05, 3.63) is 46.7 Å². The highest BCUT2D eigenvalue weighted by molar-refractivity contribution is 7.16. The van der Waals surface area contributed by atoms with Crippen LogP contribution in [0, 0.1) is 6.92 Å². The molecule has 0 aliphatic heterocycles. The number of anilines is 1. The zero-order valence-electron chi connectivity index (χ0n) is 15.3. The fourth-order valence-corrected chi connectivity index (χ4v) is 3.90. The summed E-state index contributed by atoms with van der Waals surface area (Å²) in [4.78, 5) is 18.8. The summed E-state index contributed by atoms with van der Waals surface area (Å²) >= 11 is 1.56. The number of carbonyl (C=O) groups excluding carboxylic acids is 1. The first-order valence-corrected chi connectivity index (χ1v) is 9.81. The second-order valence-corrected chi connectivity index (χ2v) is 7.99. The van der Waals surface area contributed by atoms with E-state index in [9.17, 15) is 4.79 Å². The van der Waals surface area contributed by atoms with Crippen molar-refractivity contribution in [1.29, 1.82) is 0 Å². The van der Waals surface area contributed by atoms with Crippen LogP contribution < -0.4 is 10.1 Å². The van der Waals surface area contributed by atoms with Gasteiger partial charge in [0, 0.05) is 10.8 Å². The maximum atomic E-state index is 12.4. The Hall–Kier alpha value is -2.67. The smallest absolute Gasteiger partial charge is 0.230 e. The van der Waals surface area contributed by atoms with Gasteiger partial charge in [-0.1, -0.05) is 23.7 Å². The number of aryl methyl sites for hydroxylation is 1. The second kappa shape index (κ2) is 7.52. The molecule has 1 aromatic carbocycles. The van der Waals surface area contributed by atoms with Crippen LogP contribution in [0.25, 0.3) is 10.7 Å². The van der Waals surface area contributed by atoms with Crippen molar-refractivity contribution in [2.75, 3.05) is 12.4 Å². The highest BCUT2D eigenvalue weighted by Crippen LogP contribution is 2.38. The van der Waals surface area contributed by atoms with Crippen molar-refractivity contribution in [3.8, 4) is 16.5 Å². The molecule has 140 valence electrons. The fourth-order valence-electron chi connectivity index (χ4n) is 3.00. The molecule has 1 saturated carbocycles. The number of thiophene rings is 1. The van der Waals surface area contributed by atoms with Crippen molar-refractivity contribution in [3.63, 3.8) is 0 Å². The lowest BCUT2D eigenvalue weighted by molar-refractivity contribution is -0.115. The number of hydrogen-bond acceptors (Lipinski definition) is 6. The van der Waals surface area contributed by atoms with Gasteiger partial charge in [0.15, 0.2) is 0 Å². The largest absolute Gasteiger partial charge is 0.497 e. The number of benzene rings is 1. The highest BCUT2D eigenvalue weighted by Gasteiger charge is 2.26. The Bertz CT molecular complexity index is 942. The SMILES string of the molecule is COc1ccc(CC(=O)Nc2cc(-c3noc(C4CCC4)n3)sc2C)cc1. The topological polar surface area (TPSA) is 77.2 Å². The van der Waals surface area contributed by atoms with E-state index >= 15 is 0 Å². The number of amides is 1. The Kier molecular flexibility index (Phi) is 4.94. The van der Waals surface area contributed by atoms with Crippen molar-refractivity contribution >= 4 is 22.9 Å². The molecule has 0 atom stereocenters. The zero-order valence-corrected chi connectivity index (χ0v) is 16.1. The van der Waals surface area contributed by atoms with Gasteiger partial charge in [0.05, 0.1) is 24.1 Å². The molecule has 1 amide bonds. The monoisotopic (exact) mass is 383 g/mol. The molecule has 0 radical (unpaired) electrons. The van der Waals surface area contributed by atoms with E-state index in [4.69, 9.17) is 9.26 Å². The summed E-state index contributed by atoms with van der Waals surface area (Å²) in [7, 11) is 1.62. The number of methoxy groups -OCH3 is 1. The molecule has 0 spiro atoms. The number of rotatable bonds is 6. The molecule has 2 heterocycles. The first-order chi connectivity index (χ1) is 13.1. The molecule has 0 bridgehead atoms. The lowest BCUT2D eigenvalue weighted by Gasteiger charge is -2.20.